The first-order valence-corrected chi connectivity index (χ1v) is 12.3. The summed E-state index contributed by atoms with van der Waals surface area (Å²) in [7, 11) is 0. The molecular weight excluding hydrogens is 491 g/mol. The molecule has 3 aromatic rings. The third-order valence-electron chi connectivity index (χ3n) is 7.35. The average molecular weight is 513 g/mol. The number of rotatable bonds is 3. The number of imidazole rings is 1. The first-order chi connectivity index (χ1) is 18.5. The van der Waals surface area contributed by atoms with Gasteiger partial charge in [-0.1, -0.05) is 6.07 Å². The number of anilines is 1. The van der Waals surface area contributed by atoms with E-state index in [0.29, 0.717) is 54.5 Å². The van der Waals surface area contributed by atoms with Crippen molar-refractivity contribution in [3.8, 4) is 0 Å². The second kappa shape index (κ2) is 8.45. The average Bonchev–Trinajstić information content (AvgIpc) is 3.57. The summed E-state index contributed by atoms with van der Waals surface area (Å²) in [4.78, 5) is 52.1. The number of hydrogen-bond acceptors (Lipinski definition) is 7. The van der Waals surface area contributed by atoms with Gasteiger partial charge in [0.05, 0.1) is 47.6 Å². The van der Waals surface area contributed by atoms with Crippen molar-refractivity contribution in [2.45, 2.75) is 12.5 Å². The molecule has 4 aliphatic heterocycles. The van der Waals surface area contributed by atoms with Crippen molar-refractivity contribution in [3.05, 3.63) is 83.3 Å². The van der Waals surface area contributed by atoms with Gasteiger partial charge in [-0.3, -0.25) is 29.1 Å². The van der Waals surface area contributed by atoms with Crippen molar-refractivity contribution in [1.82, 2.24) is 19.6 Å². The summed E-state index contributed by atoms with van der Waals surface area (Å²) >= 11 is 0. The molecule has 1 fully saturated rings. The number of morpholine rings is 1. The van der Waals surface area contributed by atoms with Crippen LogP contribution in [0.4, 0.5) is 10.1 Å². The number of aromatic nitrogens is 2. The topological polar surface area (TPSA) is 109 Å². The normalized spacial score (nSPS) is 20.7. The molecule has 11 heteroatoms. The molecule has 1 saturated heterocycles. The number of nitrogens with zero attached hydrogens (tertiary/aromatic N) is 5. The molecule has 1 N–H and O–H groups in total. The van der Waals surface area contributed by atoms with Crippen LogP contribution in [0.3, 0.4) is 0 Å². The number of fused-ring (bicyclic) bond motifs is 1. The number of halogens is 1. The molecule has 1 aromatic carbocycles. The van der Waals surface area contributed by atoms with E-state index in [1.165, 1.54) is 18.5 Å². The predicted octanol–water partition coefficient (Wildman–Crippen LogP) is 1.45. The van der Waals surface area contributed by atoms with Gasteiger partial charge in [-0.2, -0.15) is 0 Å². The zero-order chi connectivity index (χ0) is 26.0. The monoisotopic (exact) mass is 512 g/mol. The Morgan fingerprint density at radius 1 is 1.08 bits per heavy atom. The van der Waals surface area contributed by atoms with Gasteiger partial charge >= 0.3 is 0 Å². The number of carbonyl (C=O) groups excluding carboxylic acids is 3. The van der Waals surface area contributed by atoms with Gasteiger partial charge in [0.25, 0.3) is 11.8 Å². The van der Waals surface area contributed by atoms with Crippen LogP contribution in [0.2, 0.25) is 0 Å². The van der Waals surface area contributed by atoms with Gasteiger partial charge in [0, 0.05) is 49.2 Å². The summed E-state index contributed by atoms with van der Waals surface area (Å²) in [5, 5.41) is 2.38. The van der Waals surface area contributed by atoms with Crippen LogP contribution in [0, 0.1) is 5.82 Å². The third kappa shape index (κ3) is 3.25. The SMILES string of the molecule is O=C1NC(=O)C(c2cnc3ccccn23)=C1C1=NC=CN2c3c1ccc(F)c3CC2C(=O)N1CCOCC1. The lowest BCUT2D eigenvalue weighted by molar-refractivity contribution is -0.136. The Morgan fingerprint density at radius 2 is 1.89 bits per heavy atom. The second-order valence-electron chi connectivity index (χ2n) is 9.37. The molecule has 2 aromatic heterocycles. The Kier molecular flexibility index (Phi) is 5.02. The van der Waals surface area contributed by atoms with Crippen molar-refractivity contribution in [2.75, 3.05) is 31.2 Å². The van der Waals surface area contributed by atoms with Gasteiger partial charge in [-0.15, -0.1) is 0 Å². The summed E-state index contributed by atoms with van der Waals surface area (Å²) in [6.07, 6.45) is 6.58. The van der Waals surface area contributed by atoms with Crippen molar-refractivity contribution in [3.63, 3.8) is 0 Å². The van der Waals surface area contributed by atoms with Crippen LogP contribution in [-0.2, 0) is 25.5 Å². The summed E-state index contributed by atoms with van der Waals surface area (Å²) in [5.41, 5.74) is 2.79. The maximum atomic E-state index is 15.1. The zero-order valence-corrected chi connectivity index (χ0v) is 20.1. The molecule has 4 aliphatic rings. The van der Waals surface area contributed by atoms with E-state index in [1.807, 2.05) is 6.07 Å². The molecule has 0 spiro atoms. The fraction of sp³-hybridized carbons (Fsp3) is 0.222. The lowest BCUT2D eigenvalue weighted by Crippen LogP contribution is -2.49. The minimum absolute atomic E-state index is 0.0731. The number of pyridine rings is 1. The molecule has 0 saturated carbocycles. The quantitative estimate of drug-likeness (QED) is 0.533. The zero-order valence-electron chi connectivity index (χ0n) is 20.1. The Labute approximate surface area is 215 Å². The molecule has 6 heterocycles. The summed E-state index contributed by atoms with van der Waals surface area (Å²) in [5.74, 6) is -1.73. The van der Waals surface area contributed by atoms with Crippen LogP contribution in [0.25, 0.3) is 11.2 Å². The van der Waals surface area contributed by atoms with Crippen molar-refractivity contribution in [1.29, 1.82) is 0 Å². The number of ether oxygens (including phenoxy) is 1. The number of carbonyl (C=O) groups is 3. The van der Waals surface area contributed by atoms with Gasteiger partial charge in [0.2, 0.25) is 5.91 Å². The van der Waals surface area contributed by atoms with Gasteiger partial charge in [-0.25, -0.2) is 9.37 Å². The van der Waals surface area contributed by atoms with E-state index < -0.39 is 23.7 Å². The summed E-state index contributed by atoms with van der Waals surface area (Å²) < 4.78 is 22.2. The number of hydrogen-bond donors (Lipinski definition) is 1. The fourth-order valence-corrected chi connectivity index (χ4v) is 5.61. The second-order valence-corrected chi connectivity index (χ2v) is 9.37. The minimum atomic E-state index is -0.657. The van der Waals surface area contributed by atoms with Crippen LogP contribution in [-0.4, -0.2) is 70.1 Å². The minimum Gasteiger partial charge on any atom is -0.378 e. The molecule has 190 valence electrons. The maximum absolute atomic E-state index is 15.1. The molecular formula is C27H21FN6O4. The van der Waals surface area contributed by atoms with E-state index in [9.17, 15) is 14.4 Å². The predicted molar refractivity (Wildman–Crippen MR) is 135 cm³/mol. The Hall–Kier alpha value is -4.64. The van der Waals surface area contributed by atoms with E-state index in [2.05, 4.69) is 15.3 Å². The van der Waals surface area contributed by atoms with Gasteiger partial charge in [0.15, 0.2) is 0 Å². The Balaban J connectivity index is 1.37. The smallest absolute Gasteiger partial charge is 0.261 e. The van der Waals surface area contributed by atoms with Gasteiger partial charge in [-0.05, 0) is 24.3 Å². The molecule has 38 heavy (non-hydrogen) atoms. The number of amides is 3. The highest BCUT2D eigenvalue weighted by molar-refractivity contribution is 6.47. The van der Waals surface area contributed by atoms with E-state index in [1.54, 1.807) is 44.8 Å². The number of aliphatic imine (C=N–C) groups is 1. The molecule has 0 aliphatic carbocycles. The number of nitrogens with one attached hydrogen (secondary N) is 1. The third-order valence-corrected chi connectivity index (χ3v) is 7.35. The summed E-state index contributed by atoms with van der Waals surface area (Å²) in [6.45, 7) is 1.85. The largest absolute Gasteiger partial charge is 0.378 e. The highest BCUT2D eigenvalue weighted by Gasteiger charge is 2.43. The van der Waals surface area contributed by atoms with E-state index in [4.69, 9.17) is 4.74 Å². The van der Waals surface area contributed by atoms with E-state index in [0.717, 1.165) is 0 Å². The highest BCUT2D eigenvalue weighted by atomic mass is 19.1. The van der Waals surface area contributed by atoms with Crippen LogP contribution in [0.5, 0.6) is 0 Å². The molecule has 1 atom stereocenters. The Morgan fingerprint density at radius 3 is 2.74 bits per heavy atom. The van der Waals surface area contributed by atoms with Crippen LogP contribution in [0.15, 0.2) is 65.7 Å². The van der Waals surface area contributed by atoms with Crippen molar-refractivity contribution >= 4 is 40.3 Å². The molecule has 0 radical (unpaired) electrons. The molecule has 0 bridgehead atoms. The standard InChI is InChI=1S/C27H21FN6O4/c28-17-5-4-15-23(22-21(25(35)31-26(22)36)19-14-30-20-3-1-2-7-33(19)20)29-6-8-34-18(13-16(17)24(15)34)27(37)32-9-11-38-12-10-32/h1-8,14,18H,9-13H2,(H,31,35,36). The number of benzene rings is 1. The lowest BCUT2D eigenvalue weighted by atomic mass is 9.94. The van der Waals surface area contributed by atoms with Crippen molar-refractivity contribution in [2.24, 2.45) is 4.99 Å². The Bertz CT molecular complexity index is 1650. The molecule has 10 nitrogen and oxygen atoms in total. The first kappa shape index (κ1) is 22.5. The van der Waals surface area contributed by atoms with Crippen LogP contribution in [0.1, 0.15) is 16.8 Å². The molecule has 7 rings (SSSR count). The lowest BCUT2D eigenvalue weighted by Gasteiger charge is -2.32. The van der Waals surface area contributed by atoms with E-state index in [-0.39, 0.29) is 29.2 Å². The summed E-state index contributed by atoms with van der Waals surface area (Å²) in [6, 6.07) is 7.63. The number of imide groups is 1. The van der Waals surface area contributed by atoms with Gasteiger partial charge < -0.3 is 14.5 Å². The van der Waals surface area contributed by atoms with Crippen LogP contribution < -0.4 is 10.2 Å². The maximum Gasteiger partial charge on any atom is 0.261 e. The van der Waals surface area contributed by atoms with Crippen LogP contribution >= 0.6 is 0 Å². The van der Waals surface area contributed by atoms with Crippen molar-refractivity contribution < 1.29 is 23.5 Å². The first-order valence-electron chi connectivity index (χ1n) is 12.3. The highest BCUT2D eigenvalue weighted by Crippen LogP contribution is 2.41. The molecule has 1 unspecified atom stereocenters. The van der Waals surface area contributed by atoms with E-state index >= 15 is 4.39 Å². The fourth-order valence-electron chi connectivity index (χ4n) is 5.61. The molecule has 3 amide bonds. The van der Waals surface area contributed by atoms with Gasteiger partial charge in [0.1, 0.15) is 17.5 Å².